The predicted octanol–water partition coefficient (Wildman–Crippen LogP) is 2.46. The third-order valence-corrected chi connectivity index (χ3v) is 7.37. The summed E-state index contributed by atoms with van der Waals surface area (Å²) in [5.74, 6) is 0.472. The summed E-state index contributed by atoms with van der Waals surface area (Å²) < 4.78 is 28.8. The van der Waals surface area contributed by atoms with Crippen LogP contribution in [0.15, 0.2) is 17.2 Å². The second kappa shape index (κ2) is 7.50. The second-order valence-corrected chi connectivity index (χ2v) is 9.41. The Morgan fingerprint density at radius 2 is 1.80 bits per heavy atom. The summed E-state index contributed by atoms with van der Waals surface area (Å²) in [6.45, 7) is 1.89. The first-order chi connectivity index (χ1) is 11.9. The molecule has 2 aliphatic rings. The molecule has 1 aliphatic carbocycles. The lowest BCUT2D eigenvalue weighted by atomic mass is 10.1. The number of amides is 1. The van der Waals surface area contributed by atoms with E-state index < -0.39 is 10.0 Å². The molecule has 1 aromatic rings. The van der Waals surface area contributed by atoms with Crippen LogP contribution in [0.3, 0.4) is 0 Å². The van der Waals surface area contributed by atoms with E-state index in [-0.39, 0.29) is 10.8 Å². The molecule has 0 spiro atoms. The van der Waals surface area contributed by atoms with Gasteiger partial charge in [0.1, 0.15) is 10.6 Å². The summed E-state index contributed by atoms with van der Waals surface area (Å²) in [6.07, 6.45) is 9.31. The van der Waals surface area contributed by atoms with Gasteiger partial charge in [-0.25, -0.2) is 8.42 Å². The minimum absolute atomic E-state index is 0.102. The van der Waals surface area contributed by atoms with Crippen LogP contribution in [0, 0.1) is 5.92 Å². The molecule has 25 heavy (non-hydrogen) atoms. The lowest BCUT2D eigenvalue weighted by molar-refractivity contribution is 0.0764. The van der Waals surface area contributed by atoms with Crippen LogP contribution in [0.25, 0.3) is 0 Å². The third-order valence-electron chi connectivity index (χ3n) is 5.51. The molecule has 7 heteroatoms. The number of piperidine rings is 1. The highest BCUT2D eigenvalue weighted by Crippen LogP contribution is 2.26. The van der Waals surface area contributed by atoms with E-state index in [1.807, 2.05) is 7.05 Å². The fourth-order valence-corrected chi connectivity index (χ4v) is 5.59. The Morgan fingerprint density at radius 3 is 2.44 bits per heavy atom. The van der Waals surface area contributed by atoms with Gasteiger partial charge >= 0.3 is 0 Å². The highest BCUT2D eigenvalue weighted by molar-refractivity contribution is 7.89. The topological polar surface area (TPSA) is 62.6 Å². The van der Waals surface area contributed by atoms with Gasteiger partial charge in [0.05, 0.1) is 0 Å². The van der Waals surface area contributed by atoms with Crippen molar-refractivity contribution in [3.8, 4) is 0 Å². The zero-order valence-electron chi connectivity index (χ0n) is 15.3. The molecule has 0 bridgehead atoms. The average molecular weight is 368 g/mol. The van der Waals surface area contributed by atoms with Crippen LogP contribution in [0.4, 0.5) is 0 Å². The summed E-state index contributed by atoms with van der Waals surface area (Å²) in [5, 5.41) is 0. The van der Waals surface area contributed by atoms with E-state index in [0.717, 1.165) is 25.8 Å². The number of sulfonamides is 1. The molecule has 3 rings (SSSR count). The number of carbonyl (C=O) groups is 1. The number of hydrogen-bond donors (Lipinski definition) is 0. The Bertz CT molecular complexity index is 714. The molecule has 1 aliphatic heterocycles. The Kier molecular flexibility index (Phi) is 5.53. The summed E-state index contributed by atoms with van der Waals surface area (Å²) in [6, 6.07) is 1.54. The number of hydrogen-bond acceptors (Lipinski definition) is 3. The largest absolute Gasteiger partial charge is 0.345 e. The molecule has 0 radical (unpaired) electrons. The number of carbonyl (C=O) groups excluding carboxylic acids is 1. The maximum atomic E-state index is 12.8. The quantitative estimate of drug-likeness (QED) is 0.803. The van der Waals surface area contributed by atoms with E-state index in [2.05, 4.69) is 0 Å². The van der Waals surface area contributed by atoms with Crippen molar-refractivity contribution >= 4 is 15.9 Å². The first kappa shape index (κ1) is 18.5. The highest BCUT2D eigenvalue weighted by Gasteiger charge is 2.29. The monoisotopic (exact) mass is 367 g/mol. The van der Waals surface area contributed by atoms with Gasteiger partial charge in [-0.15, -0.1) is 0 Å². The molecule has 6 nitrogen and oxygen atoms in total. The van der Waals surface area contributed by atoms with E-state index >= 15 is 0 Å². The van der Waals surface area contributed by atoms with E-state index in [1.165, 1.54) is 31.7 Å². The van der Waals surface area contributed by atoms with Gasteiger partial charge in [0, 0.05) is 39.9 Å². The van der Waals surface area contributed by atoms with Gasteiger partial charge in [0.15, 0.2) is 0 Å². The van der Waals surface area contributed by atoms with Gasteiger partial charge in [-0.1, -0.05) is 19.3 Å². The van der Waals surface area contributed by atoms with Gasteiger partial charge in [-0.2, -0.15) is 4.31 Å². The molecule has 0 unspecified atom stereocenters. The second-order valence-electron chi connectivity index (χ2n) is 7.47. The summed E-state index contributed by atoms with van der Waals surface area (Å²) >= 11 is 0. The summed E-state index contributed by atoms with van der Waals surface area (Å²) in [7, 11) is 0.0504. The SMILES string of the molecule is CN(CC1CCCC1)C(=O)c1cc(S(=O)(=O)N2CCCCC2)cn1C. The van der Waals surface area contributed by atoms with Crippen LogP contribution in [0.2, 0.25) is 0 Å². The predicted molar refractivity (Wildman–Crippen MR) is 96.9 cm³/mol. The van der Waals surface area contributed by atoms with Crippen LogP contribution >= 0.6 is 0 Å². The van der Waals surface area contributed by atoms with E-state index in [1.54, 1.807) is 27.0 Å². The number of aryl methyl sites for hydroxylation is 1. The Balaban J connectivity index is 1.75. The van der Waals surface area contributed by atoms with Crippen molar-refractivity contribution < 1.29 is 13.2 Å². The van der Waals surface area contributed by atoms with E-state index in [4.69, 9.17) is 0 Å². The van der Waals surface area contributed by atoms with Crippen molar-refractivity contribution in [3.63, 3.8) is 0 Å². The zero-order valence-corrected chi connectivity index (χ0v) is 16.1. The van der Waals surface area contributed by atoms with Crippen molar-refractivity contribution in [3.05, 3.63) is 18.0 Å². The Morgan fingerprint density at radius 1 is 1.16 bits per heavy atom. The summed E-state index contributed by atoms with van der Waals surface area (Å²) in [5.41, 5.74) is 0.441. The first-order valence-electron chi connectivity index (χ1n) is 9.31. The normalized spacial score (nSPS) is 20.1. The van der Waals surface area contributed by atoms with Gasteiger partial charge in [-0.05, 0) is 37.7 Å². The molecule has 1 saturated carbocycles. The molecule has 0 N–H and O–H groups in total. The van der Waals surface area contributed by atoms with Crippen molar-refractivity contribution in [2.75, 3.05) is 26.7 Å². The molecule has 2 heterocycles. The van der Waals surface area contributed by atoms with Crippen LogP contribution in [-0.2, 0) is 17.1 Å². The van der Waals surface area contributed by atoms with Crippen LogP contribution in [0.5, 0.6) is 0 Å². The highest BCUT2D eigenvalue weighted by atomic mass is 32.2. The first-order valence-corrected chi connectivity index (χ1v) is 10.8. The fourth-order valence-electron chi connectivity index (χ4n) is 4.00. The van der Waals surface area contributed by atoms with Gasteiger partial charge in [0.25, 0.3) is 5.91 Å². The van der Waals surface area contributed by atoms with Crippen molar-refractivity contribution in [1.82, 2.24) is 13.8 Å². The van der Waals surface area contributed by atoms with Crippen molar-refractivity contribution in [1.29, 1.82) is 0 Å². The van der Waals surface area contributed by atoms with E-state index in [0.29, 0.717) is 24.7 Å². The minimum Gasteiger partial charge on any atom is -0.345 e. The summed E-state index contributed by atoms with van der Waals surface area (Å²) in [4.78, 5) is 14.7. The molecule has 140 valence electrons. The van der Waals surface area contributed by atoms with Gasteiger partial charge in [-0.3, -0.25) is 4.79 Å². The molecule has 1 saturated heterocycles. The molecule has 1 aromatic heterocycles. The number of rotatable bonds is 5. The Hall–Kier alpha value is -1.34. The lowest BCUT2D eigenvalue weighted by Gasteiger charge is -2.25. The lowest BCUT2D eigenvalue weighted by Crippen LogP contribution is -2.35. The maximum absolute atomic E-state index is 12.8. The van der Waals surface area contributed by atoms with Crippen LogP contribution in [-0.4, -0.2) is 54.8 Å². The fraction of sp³-hybridized carbons (Fsp3) is 0.722. The van der Waals surface area contributed by atoms with Crippen LogP contribution in [0.1, 0.15) is 55.4 Å². The van der Waals surface area contributed by atoms with Gasteiger partial charge in [0.2, 0.25) is 10.0 Å². The van der Waals surface area contributed by atoms with Crippen molar-refractivity contribution in [2.45, 2.75) is 49.8 Å². The number of aromatic nitrogens is 1. The Labute approximate surface area is 150 Å². The maximum Gasteiger partial charge on any atom is 0.270 e. The molecule has 0 atom stereocenters. The molecule has 0 aromatic carbocycles. The molecular weight excluding hydrogens is 338 g/mol. The molecule has 2 fully saturated rings. The number of nitrogens with zero attached hydrogens (tertiary/aromatic N) is 3. The molecule has 1 amide bonds. The van der Waals surface area contributed by atoms with Crippen molar-refractivity contribution in [2.24, 2.45) is 13.0 Å². The smallest absolute Gasteiger partial charge is 0.270 e. The van der Waals surface area contributed by atoms with E-state index in [9.17, 15) is 13.2 Å². The average Bonchev–Trinajstić information content (AvgIpc) is 3.24. The standard InChI is InChI=1S/C18H29N3O3S/c1-19-14-16(25(23,24)21-10-6-3-7-11-21)12-17(19)18(22)20(2)13-15-8-4-5-9-15/h12,14-15H,3-11,13H2,1-2H3. The zero-order chi connectivity index (χ0) is 18.0. The molecular formula is C18H29N3O3S. The third kappa shape index (κ3) is 3.92. The minimum atomic E-state index is -3.50. The van der Waals surface area contributed by atoms with Crippen LogP contribution < -0.4 is 0 Å². The van der Waals surface area contributed by atoms with Gasteiger partial charge < -0.3 is 9.47 Å².